The van der Waals surface area contributed by atoms with Crippen LogP contribution in [0.5, 0.6) is 0 Å². The predicted octanol–water partition coefficient (Wildman–Crippen LogP) is 3.29. The Kier molecular flexibility index (Phi) is 3.12. The molecule has 1 aromatic carbocycles. The van der Waals surface area contributed by atoms with Gasteiger partial charge >= 0.3 is 0 Å². The van der Waals surface area contributed by atoms with E-state index >= 15 is 0 Å². The Balaban J connectivity index is 1.79. The number of aromatic nitrogens is 1. The number of nitrogens with zero attached hydrogens (tertiary/aromatic N) is 1. The number of rotatable bonds is 2. The molecule has 2 nitrogen and oxygen atoms in total. The average molecular weight is 246 g/mol. The summed E-state index contributed by atoms with van der Waals surface area (Å²) in [5.74, 6) is 0. The normalized spacial score (nSPS) is 20.9. The van der Waals surface area contributed by atoms with Gasteiger partial charge in [-0.3, -0.25) is 0 Å². The highest BCUT2D eigenvalue weighted by Gasteiger charge is 2.13. The van der Waals surface area contributed by atoms with E-state index in [-0.39, 0.29) is 0 Å². The number of piperidine rings is 1. The van der Waals surface area contributed by atoms with Gasteiger partial charge < -0.3 is 5.32 Å². The van der Waals surface area contributed by atoms with Crippen molar-refractivity contribution < 1.29 is 0 Å². The van der Waals surface area contributed by atoms with Crippen molar-refractivity contribution in [2.75, 3.05) is 6.54 Å². The van der Waals surface area contributed by atoms with Gasteiger partial charge in [0.2, 0.25) is 0 Å². The number of hydrogen-bond donors (Lipinski definition) is 1. The first-order chi connectivity index (χ1) is 8.31. The van der Waals surface area contributed by atoms with Crippen LogP contribution in [0.3, 0.4) is 0 Å². The van der Waals surface area contributed by atoms with E-state index in [0.29, 0.717) is 6.04 Å². The summed E-state index contributed by atoms with van der Waals surface area (Å²) >= 11 is 1.80. The van der Waals surface area contributed by atoms with Gasteiger partial charge in [0.1, 0.15) is 0 Å². The predicted molar refractivity (Wildman–Crippen MR) is 73.7 cm³/mol. The van der Waals surface area contributed by atoms with Gasteiger partial charge in [-0.15, -0.1) is 11.3 Å². The largest absolute Gasteiger partial charge is 0.314 e. The van der Waals surface area contributed by atoms with Gasteiger partial charge in [-0.1, -0.05) is 12.5 Å². The van der Waals surface area contributed by atoms with Gasteiger partial charge in [0.25, 0.3) is 0 Å². The van der Waals surface area contributed by atoms with Crippen LogP contribution >= 0.6 is 11.3 Å². The molecule has 1 aliphatic heterocycles. The molecule has 90 valence electrons. The van der Waals surface area contributed by atoms with Gasteiger partial charge in [-0.25, -0.2) is 4.98 Å². The summed E-state index contributed by atoms with van der Waals surface area (Å²) in [4.78, 5) is 4.50. The third-order valence-electron chi connectivity index (χ3n) is 3.45. The molecule has 3 rings (SSSR count). The molecule has 0 amide bonds. The molecule has 1 atom stereocenters. The minimum absolute atomic E-state index is 0.676. The lowest BCUT2D eigenvalue weighted by Gasteiger charge is -2.23. The molecular formula is C14H18N2S. The number of hydrogen-bond acceptors (Lipinski definition) is 3. The van der Waals surface area contributed by atoms with Crippen LogP contribution in [0.1, 0.15) is 29.8 Å². The number of thiazole rings is 1. The van der Waals surface area contributed by atoms with Gasteiger partial charge in [-0.05, 0) is 50.4 Å². The zero-order valence-electron chi connectivity index (χ0n) is 10.2. The highest BCUT2D eigenvalue weighted by molar-refractivity contribution is 7.18. The van der Waals surface area contributed by atoms with E-state index in [1.165, 1.54) is 36.1 Å². The van der Waals surface area contributed by atoms with Crippen molar-refractivity contribution in [2.45, 2.75) is 38.6 Å². The van der Waals surface area contributed by atoms with Crippen molar-refractivity contribution in [1.29, 1.82) is 0 Å². The summed E-state index contributed by atoms with van der Waals surface area (Å²) in [5.41, 5.74) is 2.59. The molecule has 1 N–H and O–H groups in total. The molecule has 17 heavy (non-hydrogen) atoms. The number of fused-ring (bicyclic) bond motifs is 1. The molecular weight excluding hydrogens is 228 g/mol. The molecule has 1 aromatic heterocycles. The summed E-state index contributed by atoms with van der Waals surface area (Å²) in [5, 5.41) is 4.77. The first-order valence-corrected chi connectivity index (χ1v) is 7.22. The second-order valence-corrected chi connectivity index (χ2v) is 6.12. The van der Waals surface area contributed by atoms with Crippen molar-refractivity contribution in [2.24, 2.45) is 0 Å². The second kappa shape index (κ2) is 4.75. The van der Waals surface area contributed by atoms with Crippen molar-refractivity contribution in [1.82, 2.24) is 10.3 Å². The molecule has 0 radical (unpaired) electrons. The van der Waals surface area contributed by atoms with Crippen LogP contribution in [0.15, 0.2) is 18.2 Å². The summed E-state index contributed by atoms with van der Waals surface area (Å²) in [6.45, 7) is 3.26. The third-order valence-corrected chi connectivity index (χ3v) is 4.39. The first-order valence-electron chi connectivity index (χ1n) is 6.41. The summed E-state index contributed by atoms with van der Waals surface area (Å²) in [7, 11) is 0. The van der Waals surface area contributed by atoms with Gasteiger partial charge in [0.05, 0.1) is 15.2 Å². The zero-order chi connectivity index (χ0) is 11.7. The van der Waals surface area contributed by atoms with Crippen molar-refractivity contribution in [3.8, 4) is 0 Å². The summed E-state index contributed by atoms with van der Waals surface area (Å²) < 4.78 is 1.33. The fraction of sp³-hybridized carbons (Fsp3) is 0.500. The Morgan fingerprint density at radius 2 is 2.35 bits per heavy atom. The van der Waals surface area contributed by atoms with Crippen molar-refractivity contribution >= 4 is 21.6 Å². The van der Waals surface area contributed by atoms with E-state index in [9.17, 15) is 0 Å². The van der Waals surface area contributed by atoms with E-state index in [4.69, 9.17) is 0 Å². The monoisotopic (exact) mass is 246 g/mol. The Hall–Kier alpha value is -0.930. The molecule has 0 spiro atoms. The van der Waals surface area contributed by atoms with Crippen LogP contribution in [0.4, 0.5) is 0 Å². The van der Waals surface area contributed by atoms with E-state index in [2.05, 4.69) is 35.4 Å². The maximum Gasteiger partial charge on any atom is 0.0907 e. The molecule has 3 heteroatoms. The zero-order valence-corrected chi connectivity index (χ0v) is 11.0. The maximum absolute atomic E-state index is 4.50. The van der Waals surface area contributed by atoms with Gasteiger partial charge in [-0.2, -0.15) is 0 Å². The number of nitrogens with one attached hydrogen (secondary N) is 1. The van der Waals surface area contributed by atoms with Crippen molar-refractivity contribution in [3.63, 3.8) is 0 Å². The fourth-order valence-electron chi connectivity index (χ4n) is 2.59. The number of aryl methyl sites for hydroxylation is 1. The lowest BCUT2D eigenvalue weighted by atomic mass is 9.98. The summed E-state index contributed by atoms with van der Waals surface area (Å²) in [6.07, 6.45) is 5.19. The first kappa shape index (κ1) is 11.2. The van der Waals surface area contributed by atoms with Gasteiger partial charge in [0, 0.05) is 6.04 Å². The number of benzene rings is 1. The Morgan fingerprint density at radius 3 is 3.18 bits per heavy atom. The molecule has 2 heterocycles. The molecule has 1 aliphatic rings. The molecule has 0 saturated carbocycles. The van der Waals surface area contributed by atoms with Crippen LogP contribution in [0.25, 0.3) is 10.2 Å². The quantitative estimate of drug-likeness (QED) is 0.879. The summed E-state index contributed by atoms with van der Waals surface area (Å²) in [6, 6.07) is 7.39. The molecule has 0 bridgehead atoms. The Bertz CT molecular complexity index is 512. The average Bonchev–Trinajstić information content (AvgIpc) is 2.70. The molecule has 1 saturated heterocycles. The Labute approximate surface area is 106 Å². The molecule has 2 aromatic rings. The van der Waals surface area contributed by atoms with Crippen molar-refractivity contribution in [3.05, 3.63) is 28.8 Å². The maximum atomic E-state index is 4.50. The standard InChI is InChI=1S/C14H18N2S/c1-10-16-13-6-5-11(9-14(13)17-10)8-12-4-2-3-7-15-12/h5-6,9,12,15H,2-4,7-8H2,1H3. The smallest absolute Gasteiger partial charge is 0.0907 e. The fourth-order valence-corrected chi connectivity index (χ4v) is 3.48. The van der Waals surface area contributed by atoms with Gasteiger partial charge in [0.15, 0.2) is 0 Å². The molecule has 1 unspecified atom stereocenters. The van der Waals surface area contributed by atoms with Crippen LogP contribution in [0.2, 0.25) is 0 Å². The minimum Gasteiger partial charge on any atom is -0.314 e. The molecule has 0 aliphatic carbocycles. The second-order valence-electron chi connectivity index (χ2n) is 4.89. The molecule has 1 fully saturated rings. The lowest BCUT2D eigenvalue weighted by Crippen LogP contribution is -2.35. The van der Waals surface area contributed by atoms with E-state index < -0.39 is 0 Å². The lowest BCUT2D eigenvalue weighted by molar-refractivity contribution is 0.399. The SMILES string of the molecule is Cc1nc2ccc(CC3CCCCN3)cc2s1. The van der Waals surface area contributed by atoms with E-state index in [0.717, 1.165) is 16.9 Å². The highest BCUT2D eigenvalue weighted by Crippen LogP contribution is 2.23. The third kappa shape index (κ3) is 2.50. The van der Waals surface area contributed by atoms with E-state index in [1.54, 1.807) is 11.3 Å². The van der Waals surface area contributed by atoms with Crippen LogP contribution < -0.4 is 5.32 Å². The van der Waals surface area contributed by atoms with Crippen LogP contribution in [-0.2, 0) is 6.42 Å². The van der Waals surface area contributed by atoms with Crippen LogP contribution in [0, 0.1) is 6.92 Å². The van der Waals surface area contributed by atoms with Crippen LogP contribution in [-0.4, -0.2) is 17.6 Å². The topological polar surface area (TPSA) is 24.9 Å². The minimum atomic E-state index is 0.676. The van der Waals surface area contributed by atoms with E-state index in [1.807, 2.05) is 0 Å². The Morgan fingerprint density at radius 1 is 1.41 bits per heavy atom. The highest BCUT2D eigenvalue weighted by atomic mass is 32.1.